The van der Waals surface area contributed by atoms with Crippen molar-refractivity contribution in [1.29, 1.82) is 0 Å². The maximum Gasteiger partial charge on any atom is 0.402 e. The van der Waals surface area contributed by atoms with Crippen molar-refractivity contribution in [3.8, 4) is 0 Å². The van der Waals surface area contributed by atoms with Crippen LogP contribution in [0.3, 0.4) is 0 Å². The van der Waals surface area contributed by atoms with E-state index in [1.54, 1.807) is 0 Å². The van der Waals surface area contributed by atoms with Crippen LogP contribution in [0.2, 0.25) is 5.02 Å². The highest BCUT2D eigenvalue weighted by Crippen LogP contribution is 2.15. The largest absolute Gasteiger partial charge is 0.402 e. The number of aromatic amines is 1. The number of hydrogen-bond donors (Lipinski definition) is 2. The second kappa shape index (κ2) is 4.67. The Morgan fingerprint density at radius 3 is 2.47 bits per heavy atom. The minimum atomic E-state index is -4.67. The van der Waals surface area contributed by atoms with E-state index in [-0.39, 0.29) is 0 Å². The standard InChI is InChI=1S/C7H6ClF3N2O3S/c8-5-1-4(2-12-6(5)14)17(15,16)13-3-7(9,10)11/h1-2,13H,3H2,(H,12,14). The Kier molecular flexibility index (Phi) is 3.84. The second-order valence-electron chi connectivity index (χ2n) is 2.95. The molecular formula is C7H6ClF3N2O3S. The minimum Gasteiger partial charge on any atom is -0.326 e. The molecule has 0 saturated heterocycles. The van der Waals surface area contributed by atoms with E-state index in [4.69, 9.17) is 11.6 Å². The fourth-order valence-electron chi connectivity index (χ4n) is 0.853. The molecule has 0 aliphatic rings. The van der Waals surface area contributed by atoms with E-state index < -0.39 is 38.2 Å². The van der Waals surface area contributed by atoms with Crippen molar-refractivity contribution in [3.63, 3.8) is 0 Å². The molecule has 5 nitrogen and oxygen atoms in total. The van der Waals surface area contributed by atoms with Gasteiger partial charge >= 0.3 is 6.18 Å². The van der Waals surface area contributed by atoms with Gasteiger partial charge in [-0.05, 0) is 6.07 Å². The molecule has 0 aromatic carbocycles. The summed E-state index contributed by atoms with van der Waals surface area (Å²) < 4.78 is 59.5. The van der Waals surface area contributed by atoms with Crippen molar-refractivity contribution in [2.24, 2.45) is 0 Å². The van der Waals surface area contributed by atoms with Crippen molar-refractivity contribution >= 4 is 21.6 Å². The van der Waals surface area contributed by atoms with Gasteiger partial charge in [0.2, 0.25) is 10.0 Å². The number of alkyl halides is 3. The van der Waals surface area contributed by atoms with Gasteiger partial charge in [0.1, 0.15) is 11.6 Å². The van der Waals surface area contributed by atoms with Gasteiger partial charge in [-0.1, -0.05) is 11.6 Å². The van der Waals surface area contributed by atoms with E-state index in [1.165, 1.54) is 4.72 Å². The number of rotatable bonds is 3. The number of aromatic nitrogens is 1. The third-order valence-corrected chi connectivity index (χ3v) is 3.27. The van der Waals surface area contributed by atoms with Crippen LogP contribution >= 0.6 is 11.6 Å². The first-order valence-corrected chi connectivity index (χ1v) is 5.92. The lowest BCUT2D eigenvalue weighted by Gasteiger charge is -2.09. The number of sulfonamides is 1. The molecule has 0 radical (unpaired) electrons. The Morgan fingerprint density at radius 1 is 1.41 bits per heavy atom. The lowest BCUT2D eigenvalue weighted by Crippen LogP contribution is -2.34. The van der Waals surface area contributed by atoms with Gasteiger partial charge in [-0.2, -0.15) is 13.2 Å². The Labute approximate surface area is 98.7 Å². The summed E-state index contributed by atoms with van der Waals surface area (Å²) in [5.74, 6) is 0. The maximum atomic E-state index is 11.8. The summed E-state index contributed by atoms with van der Waals surface area (Å²) in [6.45, 7) is -1.70. The van der Waals surface area contributed by atoms with Crippen LogP contribution in [0, 0.1) is 0 Å². The predicted octanol–water partition coefficient (Wildman–Crippen LogP) is 0.869. The molecule has 0 fully saturated rings. The first kappa shape index (κ1) is 14.0. The first-order chi connectivity index (χ1) is 7.62. The van der Waals surface area contributed by atoms with Crippen LogP contribution < -0.4 is 10.3 Å². The van der Waals surface area contributed by atoms with Crippen molar-refractivity contribution in [2.75, 3.05) is 6.54 Å². The first-order valence-electron chi connectivity index (χ1n) is 4.06. The maximum absolute atomic E-state index is 11.8. The molecule has 0 saturated carbocycles. The highest BCUT2D eigenvalue weighted by molar-refractivity contribution is 7.89. The van der Waals surface area contributed by atoms with Gasteiger partial charge in [-0.25, -0.2) is 13.1 Å². The molecule has 0 atom stereocenters. The number of hydrogen-bond acceptors (Lipinski definition) is 3. The van der Waals surface area contributed by atoms with E-state index in [0.717, 1.165) is 12.3 Å². The molecule has 96 valence electrons. The van der Waals surface area contributed by atoms with Gasteiger partial charge in [0.15, 0.2) is 0 Å². The molecule has 0 bridgehead atoms. The molecule has 2 N–H and O–H groups in total. The Morgan fingerprint density at radius 2 is 2.00 bits per heavy atom. The smallest absolute Gasteiger partial charge is 0.326 e. The van der Waals surface area contributed by atoms with Crippen molar-refractivity contribution < 1.29 is 21.6 Å². The highest BCUT2D eigenvalue weighted by atomic mass is 35.5. The minimum absolute atomic E-state index is 0.431. The third-order valence-electron chi connectivity index (χ3n) is 1.60. The molecule has 0 aliphatic heterocycles. The van der Waals surface area contributed by atoms with Crippen molar-refractivity contribution in [2.45, 2.75) is 11.1 Å². The zero-order chi connectivity index (χ0) is 13.3. The highest BCUT2D eigenvalue weighted by Gasteiger charge is 2.30. The molecule has 1 heterocycles. The summed E-state index contributed by atoms with van der Waals surface area (Å²) in [5, 5.41) is -0.431. The van der Waals surface area contributed by atoms with E-state index in [2.05, 4.69) is 0 Å². The van der Waals surface area contributed by atoms with Crippen LogP contribution in [0.5, 0.6) is 0 Å². The summed E-state index contributed by atoms with van der Waals surface area (Å²) in [6, 6.07) is 0.763. The fraction of sp³-hybridized carbons (Fsp3) is 0.286. The Balaban J connectivity index is 2.98. The summed E-state index contributed by atoms with van der Waals surface area (Å²) in [7, 11) is -4.36. The zero-order valence-electron chi connectivity index (χ0n) is 8.01. The van der Waals surface area contributed by atoms with Crippen LogP contribution in [-0.4, -0.2) is 26.1 Å². The molecule has 0 aliphatic carbocycles. The summed E-state index contributed by atoms with van der Waals surface area (Å²) in [4.78, 5) is 12.3. The SMILES string of the molecule is O=c1[nH]cc(S(=O)(=O)NCC(F)(F)F)cc1Cl. The molecular weight excluding hydrogens is 285 g/mol. The number of H-pyrrole nitrogens is 1. The molecule has 0 unspecified atom stereocenters. The summed E-state index contributed by atoms with van der Waals surface area (Å²) in [5.41, 5.74) is -0.735. The molecule has 0 amide bonds. The Hall–Kier alpha value is -1.06. The average molecular weight is 291 g/mol. The molecule has 1 aromatic rings. The molecule has 1 rings (SSSR count). The van der Waals surface area contributed by atoms with Crippen LogP contribution in [-0.2, 0) is 10.0 Å². The lowest BCUT2D eigenvalue weighted by atomic mass is 10.5. The van der Waals surface area contributed by atoms with Gasteiger partial charge in [-0.3, -0.25) is 4.79 Å². The second-order valence-corrected chi connectivity index (χ2v) is 5.13. The van der Waals surface area contributed by atoms with E-state index in [1.807, 2.05) is 4.98 Å². The zero-order valence-corrected chi connectivity index (χ0v) is 9.58. The van der Waals surface area contributed by atoms with Gasteiger partial charge in [0.05, 0.1) is 4.90 Å². The number of nitrogens with one attached hydrogen (secondary N) is 2. The molecule has 10 heteroatoms. The number of halogens is 4. The molecule has 1 aromatic heterocycles. The fourth-order valence-corrected chi connectivity index (χ4v) is 2.10. The summed E-state index contributed by atoms with van der Waals surface area (Å²) >= 11 is 5.35. The predicted molar refractivity (Wildman–Crippen MR) is 53.3 cm³/mol. The van der Waals surface area contributed by atoms with E-state index in [9.17, 15) is 26.4 Å². The normalized spacial score (nSPS) is 12.7. The van der Waals surface area contributed by atoms with Crippen LogP contribution in [0.15, 0.2) is 22.0 Å². The van der Waals surface area contributed by atoms with E-state index in [0.29, 0.717) is 0 Å². The number of pyridine rings is 1. The van der Waals surface area contributed by atoms with Gasteiger partial charge in [-0.15, -0.1) is 0 Å². The van der Waals surface area contributed by atoms with Gasteiger partial charge in [0, 0.05) is 6.20 Å². The summed E-state index contributed by atoms with van der Waals surface area (Å²) in [6.07, 6.45) is -3.91. The van der Waals surface area contributed by atoms with Crippen LogP contribution in [0.4, 0.5) is 13.2 Å². The topological polar surface area (TPSA) is 79.0 Å². The lowest BCUT2D eigenvalue weighted by molar-refractivity contribution is -0.121. The van der Waals surface area contributed by atoms with Crippen LogP contribution in [0.1, 0.15) is 0 Å². The van der Waals surface area contributed by atoms with Crippen molar-refractivity contribution in [3.05, 3.63) is 27.6 Å². The van der Waals surface area contributed by atoms with Crippen molar-refractivity contribution in [1.82, 2.24) is 9.71 Å². The van der Waals surface area contributed by atoms with Crippen LogP contribution in [0.25, 0.3) is 0 Å². The molecule has 17 heavy (non-hydrogen) atoms. The third kappa shape index (κ3) is 4.02. The average Bonchev–Trinajstić information content (AvgIpc) is 2.18. The monoisotopic (exact) mass is 290 g/mol. The quantitative estimate of drug-likeness (QED) is 0.867. The van der Waals surface area contributed by atoms with Gasteiger partial charge < -0.3 is 4.98 Å². The van der Waals surface area contributed by atoms with E-state index >= 15 is 0 Å². The Bertz CT molecular complexity index is 566. The molecule has 0 spiro atoms. The van der Waals surface area contributed by atoms with Gasteiger partial charge in [0.25, 0.3) is 5.56 Å².